The summed E-state index contributed by atoms with van der Waals surface area (Å²) in [6, 6.07) is 0. The van der Waals surface area contributed by atoms with Crippen LogP contribution in [0.15, 0.2) is 0 Å². The summed E-state index contributed by atoms with van der Waals surface area (Å²) < 4.78 is 28.8. The SMILES string of the molecule is CCC(=O)O[C@H]1C[C@@]2(C)[C@@H](C[C@@H](C)[C@@H]2C(=O)COC)[C@@H]2[C@H](O)CC3CC(=O)CC[C@]3(C)[C@]21F. The van der Waals surface area contributed by atoms with Crippen molar-refractivity contribution in [2.45, 2.75) is 90.5 Å². The van der Waals surface area contributed by atoms with Crippen molar-refractivity contribution in [3.8, 4) is 0 Å². The molecule has 6 nitrogen and oxygen atoms in total. The molecule has 0 bridgehead atoms. The van der Waals surface area contributed by atoms with Gasteiger partial charge in [-0.3, -0.25) is 14.4 Å². The zero-order chi connectivity index (χ0) is 24.3. The first kappa shape index (κ1) is 24.8. The average molecular weight is 467 g/mol. The molecule has 0 heterocycles. The molecule has 10 atom stereocenters. The molecule has 0 aromatic heterocycles. The van der Waals surface area contributed by atoms with E-state index in [4.69, 9.17) is 9.47 Å². The van der Waals surface area contributed by atoms with Gasteiger partial charge in [0.05, 0.1) is 6.10 Å². The molecule has 0 aliphatic heterocycles. The number of methoxy groups -OCH3 is 1. The van der Waals surface area contributed by atoms with E-state index in [-0.39, 0.29) is 61.1 Å². The summed E-state index contributed by atoms with van der Waals surface area (Å²) in [6.07, 6.45) is 0.316. The fourth-order valence-electron chi connectivity index (χ4n) is 8.65. The normalized spacial score (nSPS) is 49.1. The summed E-state index contributed by atoms with van der Waals surface area (Å²) >= 11 is 0. The van der Waals surface area contributed by atoms with Crippen LogP contribution in [0.5, 0.6) is 0 Å². The van der Waals surface area contributed by atoms with Crippen molar-refractivity contribution in [2.75, 3.05) is 13.7 Å². The van der Waals surface area contributed by atoms with Gasteiger partial charge in [-0.05, 0) is 48.9 Å². The Labute approximate surface area is 196 Å². The molecule has 4 aliphatic rings. The minimum atomic E-state index is -1.95. The zero-order valence-corrected chi connectivity index (χ0v) is 20.6. The van der Waals surface area contributed by atoms with Crippen molar-refractivity contribution in [1.29, 1.82) is 0 Å². The number of aliphatic hydroxyl groups is 1. The van der Waals surface area contributed by atoms with Gasteiger partial charge in [-0.25, -0.2) is 4.39 Å². The van der Waals surface area contributed by atoms with Crippen molar-refractivity contribution in [2.24, 2.45) is 40.4 Å². The predicted molar refractivity (Wildman–Crippen MR) is 119 cm³/mol. The van der Waals surface area contributed by atoms with Gasteiger partial charge in [-0.2, -0.15) is 0 Å². The van der Waals surface area contributed by atoms with Gasteiger partial charge >= 0.3 is 5.97 Å². The Hall–Kier alpha value is -1.34. The molecule has 0 radical (unpaired) electrons. The van der Waals surface area contributed by atoms with Gasteiger partial charge in [0.2, 0.25) is 0 Å². The summed E-state index contributed by atoms with van der Waals surface area (Å²) in [7, 11) is 1.49. The Bertz CT molecular complexity index is 830. The maximum atomic E-state index is 17.8. The van der Waals surface area contributed by atoms with Crippen LogP contribution in [-0.2, 0) is 23.9 Å². The summed E-state index contributed by atoms with van der Waals surface area (Å²) in [5.41, 5.74) is -3.44. The number of ketones is 2. The number of hydrogen-bond donors (Lipinski definition) is 1. The molecular weight excluding hydrogens is 427 g/mol. The molecule has 1 N–H and O–H groups in total. The Kier molecular flexibility index (Phi) is 6.31. The van der Waals surface area contributed by atoms with Crippen LogP contribution in [0.25, 0.3) is 0 Å². The molecule has 4 aliphatic carbocycles. The summed E-state index contributed by atoms with van der Waals surface area (Å²) in [5.74, 6) is -1.97. The quantitative estimate of drug-likeness (QED) is 0.622. The minimum absolute atomic E-state index is 0.00732. The third-order valence-corrected chi connectivity index (χ3v) is 10.1. The molecular formula is C26H39FO6. The van der Waals surface area contributed by atoms with Crippen LogP contribution in [0.2, 0.25) is 0 Å². The second-order valence-electron chi connectivity index (χ2n) is 11.7. The number of Topliss-reactive ketones (excluding diaryl/α,β-unsaturated/α-hetero) is 2. The van der Waals surface area contributed by atoms with Gasteiger partial charge in [0.1, 0.15) is 18.5 Å². The molecule has 7 heteroatoms. The summed E-state index contributed by atoms with van der Waals surface area (Å²) in [5, 5.41) is 11.4. The van der Waals surface area contributed by atoms with E-state index < -0.39 is 40.6 Å². The van der Waals surface area contributed by atoms with E-state index >= 15 is 4.39 Å². The highest BCUT2D eigenvalue weighted by atomic mass is 19.1. The molecule has 33 heavy (non-hydrogen) atoms. The highest BCUT2D eigenvalue weighted by Crippen LogP contribution is 2.71. The lowest BCUT2D eigenvalue weighted by atomic mass is 9.41. The highest BCUT2D eigenvalue weighted by Gasteiger charge is 2.76. The molecule has 4 rings (SSSR count). The van der Waals surface area contributed by atoms with Crippen molar-refractivity contribution >= 4 is 17.5 Å². The zero-order valence-electron chi connectivity index (χ0n) is 20.6. The van der Waals surface area contributed by atoms with E-state index in [9.17, 15) is 19.5 Å². The molecule has 1 unspecified atom stereocenters. The number of hydrogen-bond acceptors (Lipinski definition) is 6. The molecule has 0 saturated heterocycles. The lowest BCUT2D eigenvalue weighted by molar-refractivity contribution is -0.273. The molecule has 0 amide bonds. The second kappa shape index (κ2) is 8.40. The first-order valence-corrected chi connectivity index (χ1v) is 12.5. The van der Waals surface area contributed by atoms with Crippen LogP contribution in [-0.4, -0.2) is 54.2 Å². The molecule has 186 valence electrons. The van der Waals surface area contributed by atoms with Crippen LogP contribution < -0.4 is 0 Å². The number of halogens is 1. The van der Waals surface area contributed by atoms with Gasteiger partial charge in [0.15, 0.2) is 11.5 Å². The number of rotatable bonds is 5. The lowest BCUT2D eigenvalue weighted by Crippen LogP contribution is -2.73. The van der Waals surface area contributed by atoms with Crippen LogP contribution in [0.3, 0.4) is 0 Å². The van der Waals surface area contributed by atoms with Crippen LogP contribution in [0, 0.1) is 40.4 Å². The first-order chi connectivity index (χ1) is 15.4. The van der Waals surface area contributed by atoms with E-state index in [1.165, 1.54) is 7.11 Å². The largest absolute Gasteiger partial charge is 0.459 e. The highest BCUT2D eigenvalue weighted by molar-refractivity contribution is 5.84. The smallest absolute Gasteiger partial charge is 0.305 e. The lowest BCUT2D eigenvalue weighted by Gasteiger charge is -2.66. The van der Waals surface area contributed by atoms with E-state index in [0.717, 1.165) is 0 Å². The number of alkyl halides is 1. The van der Waals surface area contributed by atoms with Crippen molar-refractivity contribution in [3.05, 3.63) is 0 Å². The maximum Gasteiger partial charge on any atom is 0.305 e. The Morgan fingerprint density at radius 2 is 1.94 bits per heavy atom. The average Bonchev–Trinajstić information content (AvgIpc) is 2.99. The van der Waals surface area contributed by atoms with Gasteiger partial charge in [-0.1, -0.05) is 27.7 Å². The molecule has 4 fully saturated rings. The van der Waals surface area contributed by atoms with E-state index in [1.54, 1.807) is 6.92 Å². The fraction of sp³-hybridized carbons (Fsp3) is 0.885. The number of carbonyl (C=O) groups is 3. The van der Waals surface area contributed by atoms with Crippen LogP contribution in [0.1, 0.15) is 72.6 Å². The number of aliphatic hydroxyl groups excluding tert-OH is 1. The monoisotopic (exact) mass is 466 g/mol. The van der Waals surface area contributed by atoms with Gasteiger partial charge in [0, 0.05) is 43.6 Å². The maximum absolute atomic E-state index is 17.8. The second-order valence-corrected chi connectivity index (χ2v) is 11.7. The fourth-order valence-corrected chi connectivity index (χ4v) is 8.65. The summed E-state index contributed by atoms with van der Waals surface area (Å²) in [6.45, 7) is 7.60. The minimum Gasteiger partial charge on any atom is -0.459 e. The van der Waals surface area contributed by atoms with Crippen molar-refractivity contribution < 1.29 is 33.4 Å². The third-order valence-electron chi connectivity index (χ3n) is 10.1. The Morgan fingerprint density at radius 1 is 1.24 bits per heavy atom. The molecule has 4 saturated carbocycles. The van der Waals surface area contributed by atoms with Gasteiger partial charge in [0.25, 0.3) is 0 Å². The molecule has 0 aromatic carbocycles. The van der Waals surface area contributed by atoms with E-state index in [0.29, 0.717) is 25.7 Å². The van der Waals surface area contributed by atoms with Crippen LogP contribution >= 0.6 is 0 Å². The van der Waals surface area contributed by atoms with E-state index in [1.807, 2.05) is 20.8 Å². The van der Waals surface area contributed by atoms with Gasteiger partial charge in [-0.15, -0.1) is 0 Å². The van der Waals surface area contributed by atoms with Crippen LogP contribution in [0.4, 0.5) is 4.39 Å². The van der Waals surface area contributed by atoms with E-state index in [2.05, 4.69) is 0 Å². The number of ether oxygens (including phenoxy) is 2. The Morgan fingerprint density at radius 3 is 2.58 bits per heavy atom. The van der Waals surface area contributed by atoms with Gasteiger partial charge < -0.3 is 14.6 Å². The van der Waals surface area contributed by atoms with Crippen molar-refractivity contribution in [1.82, 2.24) is 0 Å². The number of esters is 1. The molecule has 0 aromatic rings. The van der Waals surface area contributed by atoms with Crippen molar-refractivity contribution in [3.63, 3.8) is 0 Å². The Balaban J connectivity index is 1.84. The first-order valence-electron chi connectivity index (χ1n) is 12.5. The molecule has 0 spiro atoms. The topological polar surface area (TPSA) is 89.9 Å². The summed E-state index contributed by atoms with van der Waals surface area (Å²) in [4.78, 5) is 37.9. The standard InChI is InChI=1S/C26H39FO6/c1-6-21(31)33-20-12-24(3)17(9-14(2)22(24)19(30)13-32-5)23-18(29)11-15-10-16(28)7-8-25(15,4)26(20,23)27/h14-15,17-18,20,22-23,29H,6-13H2,1-5H3/t14-,15?,17+,18-,20+,22-,23-,24+,25+,26-/m1/s1. The number of fused-ring (bicyclic) bond motifs is 5. The predicted octanol–water partition coefficient (Wildman–Crippen LogP) is 3.67. The number of carbonyl (C=O) groups excluding carboxylic acids is 3. The third kappa shape index (κ3) is 3.43.